The summed E-state index contributed by atoms with van der Waals surface area (Å²) in [4.78, 5) is 20.6. The molecule has 0 unspecified atom stereocenters. The molecular weight excluding hydrogens is 332 g/mol. The number of aromatic carboxylic acids is 1. The van der Waals surface area contributed by atoms with Crippen LogP contribution in [0.15, 0.2) is 29.3 Å². The van der Waals surface area contributed by atoms with Crippen molar-refractivity contribution in [2.75, 3.05) is 58.3 Å². The Morgan fingerprint density at radius 3 is 2.73 bits per heavy atom. The Bertz CT molecular complexity index is 598. The quantitative estimate of drug-likeness (QED) is 0.419. The van der Waals surface area contributed by atoms with Crippen molar-refractivity contribution in [1.82, 2.24) is 9.80 Å². The van der Waals surface area contributed by atoms with Gasteiger partial charge in [0.25, 0.3) is 0 Å². The highest BCUT2D eigenvalue weighted by atomic mass is 16.5. The first kappa shape index (κ1) is 20.2. The molecule has 7 nitrogen and oxygen atoms in total. The van der Waals surface area contributed by atoms with Crippen LogP contribution in [0.2, 0.25) is 0 Å². The maximum Gasteiger partial charge on any atom is 0.335 e. The van der Waals surface area contributed by atoms with Crippen molar-refractivity contribution in [1.29, 1.82) is 0 Å². The highest BCUT2D eigenvalue weighted by Crippen LogP contribution is 2.13. The zero-order valence-corrected chi connectivity index (χ0v) is 15.8. The largest absolute Gasteiger partial charge is 0.478 e. The average Bonchev–Trinajstić information content (AvgIpc) is 2.65. The third-order valence-electron chi connectivity index (χ3n) is 4.35. The number of benzene rings is 1. The van der Waals surface area contributed by atoms with Gasteiger partial charge in [0, 0.05) is 52.1 Å². The number of carboxylic acids is 1. The number of guanidine groups is 1. The van der Waals surface area contributed by atoms with E-state index < -0.39 is 5.97 Å². The first-order chi connectivity index (χ1) is 12.6. The monoisotopic (exact) mass is 362 g/mol. The Labute approximate surface area is 155 Å². The molecule has 0 aromatic heterocycles. The third-order valence-corrected chi connectivity index (χ3v) is 4.35. The van der Waals surface area contributed by atoms with Crippen molar-refractivity contribution in [2.45, 2.75) is 19.8 Å². The minimum atomic E-state index is -0.930. The van der Waals surface area contributed by atoms with E-state index >= 15 is 0 Å². The zero-order valence-electron chi connectivity index (χ0n) is 15.8. The lowest BCUT2D eigenvalue weighted by Gasteiger charge is -2.36. The van der Waals surface area contributed by atoms with Crippen LogP contribution in [0.25, 0.3) is 0 Å². The number of hydrogen-bond acceptors (Lipinski definition) is 4. The topological polar surface area (TPSA) is 77.4 Å². The molecular formula is C19H30N4O3. The predicted molar refractivity (Wildman–Crippen MR) is 104 cm³/mol. The molecule has 1 aliphatic rings. The second-order valence-corrected chi connectivity index (χ2v) is 6.39. The number of anilines is 1. The van der Waals surface area contributed by atoms with Gasteiger partial charge < -0.3 is 20.1 Å². The molecule has 1 saturated heterocycles. The van der Waals surface area contributed by atoms with E-state index in [9.17, 15) is 9.90 Å². The fourth-order valence-electron chi connectivity index (χ4n) is 2.97. The van der Waals surface area contributed by atoms with Crippen molar-refractivity contribution >= 4 is 17.6 Å². The Morgan fingerprint density at radius 2 is 2.08 bits per heavy atom. The number of carbonyl (C=O) groups is 1. The Balaban J connectivity index is 2.06. The Hall–Kier alpha value is -2.12. The predicted octanol–water partition coefficient (Wildman–Crippen LogP) is 2.22. The van der Waals surface area contributed by atoms with Crippen LogP contribution in [-0.4, -0.2) is 79.8 Å². The van der Waals surface area contributed by atoms with E-state index in [-0.39, 0.29) is 5.56 Å². The highest BCUT2D eigenvalue weighted by molar-refractivity contribution is 5.95. The second kappa shape index (κ2) is 10.8. The molecule has 2 N–H and O–H groups in total. The van der Waals surface area contributed by atoms with Crippen molar-refractivity contribution in [3.05, 3.63) is 29.8 Å². The molecule has 0 saturated carbocycles. The molecule has 0 amide bonds. The third kappa shape index (κ3) is 6.31. The van der Waals surface area contributed by atoms with Gasteiger partial charge in [0.05, 0.1) is 5.56 Å². The summed E-state index contributed by atoms with van der Waals surface area (Å²) in [6.07, 6.45) is 2.02. The molecule has 0 radical (unpaired) electrons. The minimum Gasteiger partial charge on any atom is -0.478 e. The van der Waals surface area contributed by atoms with Crippen molar-refractivity contribution in [2.24, 2.45) is 4.99 Å². The molecule has 1 aromatic carbocycles. The molecule has 2 rings (SSSR count). The molecule has 1 aliphatic heterocycles. The van der Waals surface area contributed by atoms with Crippen LogP contribution in [0, 0.1) is 0 Å². The first-order valence-corrected chi connectivity index (χ1v) is 9.25. The fourth-order valence-corrected chi connectivity index (χ4v) is 2.97. The number of methoxy groups -OCH3 is 1. The van der Waals surface area contributed by atoms with Crippen LogP contribution >= 0.6 is 0 Å². The van der Waals surface area contributed by atoms with Gasteiger partial charge in [0.15, 0.2) is 5.96 Å². The normalized spacial score (nSPS) is 15.9. The molecule has 1 heterocycles. The van der Waals surface area contributed by atoms with Crippen molar-refractivity contribution < 1.29 is 14.6 Å². The molecule has 26 heavy (non-hydrogen) atoms. The van der Waals surface area contributed by atoms with Gasteiger partial charge in [0.1, 0.15) is 0 Å². The van der Waals surface area contributed by atoms with Gasteiger partial charge in [-0.15, -0.1) is 0 Å². The molecule has 1 fully saturated rings. The number of nitrogens with zero attached hydrogens (tertiary/aromatic N) is 3. The number of rotatable bonds is 8. The average molecular weight is 362 g/mol. The number of hydrogen-bond donors (Lipinski definition) is 2. The van der Waals surface area contributed by atoms with Crippen LogP contribution in [0.1, 0.15) is 30.1 Å². The summed E-state index contributed by atoms with van der Waals surface area (Å²) in [5, 5.41) is 12.5. The number of ether oxygens (including phenoxy) is 1. The Morgan fingerprint density at radius 1 is 1.31 bits per heavy atom. The maximum atomic E-state index is 11.2. The Kier molecular flexibility index (Phi) is 8.37. The fraction of sp³-hybridized carbons (Fsp3) is 0.579. The summed E-state index contributed by atoms with van der Waals surface area (Å²) in [7, 11) is 1.69. The van der Waals surface area contributed by atoms with Gasteiger partial charge in [-0.3, -0.25) is 9.89 Å². The van der Waals surface area contributed by atoms with Gasteiger partial charge in [-0.05, 0) is 37.6 Å². The molecule has 0 spiro atoms. The van der Waals surface area contributed by atoms with Crippen molar-refractivity contribution in [3.8, 4) is 0 Å². The van der Waals surface area contributed by atoms with Gasteiger partial charge in [-0.25, -0.2) is 4.79 Å². The van der Waals surface area contributed by atoms with E-state index in [1.807, 2.05) is 6.07 Å². The summed E-state index contributed by atoms with van der Waals surface area (Å²) >= 11 is 0. The molecule has 0 atom stereocenters. The van der Waals surface area contributed by atoms with E-state index in [0.29, 0.717) is 13.2 Å². The van der Waals surface area contributed by atoms with Crippen molar-refractivity contribution in [3.63, 3.8) is 0 Å². The molecule has 0 bridgehead atoms. The molecule has 144 valence electrons. The minimum absolute atomic E-state index is 0.265. The van der Waals surface area contributed by atoms with E-state index in [1.54, 1.807) is 25.3 Å². The lowest BCUT2D eigenvalue weighted by Crippen LogP contribution is -2.50. The summed E-state index contributed by atoms with van der Waals surface area (Å²) < 4.78 is 5.10. The van der Waals surface area contributed by atoms with E-state index in [2.05, 4.69) is 22.0 Å². The SMILES string of the molecule is CCCN1CCN(C(=NCCCOC)Nc2cccc(C(=O)O)c2)CC1. The molecule has 1 aromatic rings. The van der Waals surface area contributed by atoms with Gasteiger partial charge in [-0.1, -0.05) is 13.0 Å². The van der Waals surface area contributed by atoms with Crippen LogP contribution in [-0.2, 0) is 4.74 Å². The number of carboxylic acid groups (broad SMARTS) is 1. The summed E-state index contributed by atoms with van der Waals surface area (Å²) in [6, 6.07) is 6.84. The molecule has 7 heteroatoms. The van der Waals surface area contributed by atoms with E-state index in [0.717, 1.165) is 57.2 Å². The highest BCUT2D eigenvalue weighted by Gasteiger charge is 2.19. The van der Waals surface area contributed by atoms with Crippen LogP contribution in [0.4, 0.5) is 5.69 Å². The standard InChI is InChI=1S/C19H30N4O3/c1-3-9-22-10-12-23(13-11-22)19(20-8-5-14-26-2)21-17-7-4-6-16(15-17)18(24)25/h4,6-7,15H,3,5,8-14H2,1-2H3,(H,20,21)(H,24,25). The number of aliphatic imine (C=N–C) groups is 1. The smallest absolute Gasteiger partial charge is 0.335 e. The van der Waals surface area contributed by atoms with Gasteiger partial charge in [0.2, 0.25) is 0 Å². The second-order valence-electron chi connectivity index (χ2n) is 6.39. The number of piperazine rings is 1. The van der Waals surface area contributed by atoms with E-state index in [4.69, 9.17) is 9.73 Å². The first-order valence-electron chi connectivity index (χ1n) is 9.25. The van der Waals surface area contributed by atoms with Crippen LogP contribution in [0.3, 0.4) is 0 Å². The lowest BCUT2D eigenvalue weighted by atomic mass is 10.2. The summed E-state index contributed by atoms with van der Waals surface area (Å²) in [5.41, 5.74) is 1.01. The zero-order chi connectivity index (χ0) is 18.8. The van der Waals surface area contributed by atoms with E-state index in [1.165, 1.54) is 0 Å². The maximum absolute atomic E-state index is 11.2. The van der Waals surface area contributed by atoms with Crippen LogP contribution in [0.5, 0.6) is 0 Å². The number of nitrogens with one attached hydrogen (secondary N) is 1. The van der Waals surface area contributed by atoms with Crippen LogP contribution < -0.4 is 5.32 Å². The summed E-state index contributed by atoms with van der Waals surface area (Å²) in [5.74, 6) is -0.125. The van der Waals surface area contributed by atoms with Gasteiger partial charge >= 0.3 is 5.97 Å². The molecule has 0 aliphatic carbocycles. The summed E-state index contributed by atoms with van der Waals surface area (Å²) in [6.45, 7) is 8.53. The lowest BCUT2D eigenvalue weighted by molar-refractivity contribution is 0.0697. The van der Waals surface area contributed by atoms with Gasteiger partial charge in [-0.2, -0.15) is 0 Å².